The number of carbonyl (C=O) groups is 2. The van der Waals surface area contributed by atoms with Gasteiger partial charge in [0.1, 0.15) is 0 Å². The van der Waals surface area contributed by atoms with Crippen molar-refractivity contribution in [2.24, 2.45) is 11.3 Å². The summed E-state index contributed by atoms with van der Waals surface area (Å²) in [6, 6.07) is 0. The molecule has 0 aromatic carbocycles. The van der Waals surface area contributed by atoms with Gasteiger partial charge in [-0.2, -0.15) is 0 Å². The third-order valence-electron chi connectivity index (χ3n) is 2.18. The molecule has 0 fully saturated rings. The Kier molecular flexibility index (Phi) is 6.41. The molecule has 2 N–H and O–H groups in total. The van der Waals surface area contributed by atoms with Crippen molar-refractivity contribution in [1.29, 1.82) is 0 Å². The predicted molar refractivity (Wildman–Crippen MR) is 65.4 cm³/mol. The van der Waals surface area contributed by atoms with Crippen LogP contribution in [0.1, 0.15) is 27.7 Å². The minimum absolute atomic E-state index is 0.00847. The molecule has 0 unspecified atom stereocenters. The lowest BCUT2D eigenvalue weighted by molar-refractivity contribution is -0.128. The van der Waals surface area contributed by atoms with Crippen molar-refractivity contribution >= 4 is 23.4 Å². The number of rotatable bonds is 6. The number of halogens is 1. The van der Waals surface area contributed by atoms with Gasteiger partial charge in [-0.25, -0.2) is 0 Å². The third-order valence-corrected chi connectivity index (χ3v) is 2.85. The molecular formula is C11H21ClN2O2. The molecule has 5 heteroatoms. The first-order valence-electron chi connectivity index (χ1n) is 5.43. The molecule has 0 saturated heterocycles. The van der Waals surface area contributed by atoms with Gasteiger partial charge in [0, 0.05) is 24.9 Å². The second-order valence-electron chi connectivity index (χ2n) is 4.72. The number of hydrogen-bond donors (Lipinski definition) is 2. The normalized spacial score (nSPS) is 11.4. The molecule has 94 valence electrons. The Morgan fingerprint density at radius 3 is 2.12 bits per heavy atom. The van der Waals surface area contributed by atoms with Crippen molar-refractivity contribution < 1.29 is 9.59 Å². The highest BCUT2D eigenvalue weighted by Crippen LogP contribution is 2.16. The molecule has 0 aliphatic carbocycles. The number of hydrogen-bond acceptors (Lipinski definition) is 2. The highest BCUT2D eigenvalue weighted by atomic mass is 35.5. The van der Waals surface area contributed by atoms with E-state index in [4.69, 9.17) is 11.6 Å². The van der Waals surface area contributed by atoms with Gasteiger partial charge in [0.15, 0.2) is 0 Å². The van der Waals surface area contributed by atoms with Crippen molar-refractivity contribution in [1.82, 2.24) is 10.6 Å². The van der Waals surface area contributed by atoms with E-state index >= 15 is 0 Å². The fourth-order valence-electron chi connectivity index (χ4n) is 0.866. The highest BCUT2D eigenvalue weighted by Gasteiger charge is 2.25. The largest absolute Gasteiger partial charge is 0.354 e. The van der Waals surface area contributed by atoms with Crippen LogP contribution in [-0.2, 0) is 9.59 Å². The molecule has 0 aliphatic heterocycles. The maximum Gasteiger partial charge on any atom is 0.226 e. The lowest BCUT2D eigenvalue weighted by Gasteiger charge is -2.20. The van der Waals surface area contributed by atoms with E-state index in [-0.39, 0.29) is 23.6 Å². The van der Waals surface area contributed by atoms with E-state index in [1.54, 1.807) is 13.8 Å². The quantitative estimate of drug-likeness (QED) is 0.547. The van der Waals surface area contributed by atoms with Crippen LogP contribution >= 0.6 is 11.6 Å². The third kappa shape index (κ3) is 5.35. The molecule has 0 heterocycles. The summed E-state index contributed by atoms with van der Waals surface area (Å²) < 4.78 is 0. The van der Waals surface area contributed by atoms with Crippen LogP contribution in [0.25, 0.3) is 0 Å². The summed E-state index contributed by atoms with van der Waals surface area (Å²) in [6.45, 7) is 8.08. The second kappa shape index (κ2) is 6.74. The first kappa shape index (κ1) is 15.2. The number of amides is 2. The molecule has 0 saturated carbocycles. The van der Waals surface area contributed by atoms with Crippen LogP contribution in [0.4, 0.5) is 0 Å². The van der Waals surface area contributed by atoms with Gasteiger partial charge < -0.3 is 10.6 Å². The summed E-state index contributed by atoms with van der Waals surface area (Å²) in [5, 5.41) is 5.45. The van der Waals surface area contributed by atoms with Gasteiger partial charge in [0.05, 0.1) is 5.41 Å². The van der Waals surface area contributed by atoms with Crippen molar-refractivity contribution in [2.45, 2.75) is 27.7 Å². The van der Waals surface area contributed by atoms with Gasteiger partial charge >= 0.3 is 0 Å². The number of carbonyl (C=O) groups excluding carboxylic acids is 2. The molecule has 0 aromatic heterocycles. The lowest BCUT2D eigenvalue weighted by atomic mass is 9.95. The lowest BCUT2D eigenvalue weighted by Crippen LogP contribution is -2.42. The molecule has 0 radical (unpaired) electrons. The average Bonchev–Trinajstić information content (AvgIpc) is 2.23. The van der Waals surface area contributed by atoms with Crippen LogP contribution < -0.4 is 10.6 Å². The van der Waals surface area contributed by atoms with E-state index in [0.717, 1.165) is 0 Å². The summed E-state index contributed by atoms with van der Waals surface area (Å²) >= 11 is 5.66. The maximum atomic E-state index is 11.6. The first-order valence-corrected chi connectivity index (χ1v) is 5.96. The Labute approximate surface area is 102 Å². The van der Waals surface area contributed by atoms with Gasteiger partial charge in [-0.05, 0) is 13.8 Å². The molecule has 16 heavy (non-hydrogen) atoms. The van der Waals surface area contributed by atoms with Crippen LogP contribution in [0, 0.1) is 11.3 Å². The second-order valence-corrected chi connectivity index (χ2v) is 4.99. The summed E-state index contributed by atoms with van der Waals surface area (Å²) in [6.07, 6.45) is 0. The fourth-order valence-corrected chi connectivity index (χ4v) is 0.987. The zero-order chi connectivity index (χ0) is 12.8. The molecule has 0 aromatic rings. The van der Waals surface area contributed by atoms with Crippen LogP contribution in [0.3, 0.4) is 0 Å². The fraction of sp³-hybridized carbons (Fsp3) is 0.818. The zero-order valence-electron chi connectivity index (χ0n) is 10.4. The average molecular weight is 249 g/mol. The van der Waals surface area contributed by atoms with Crippen molar-refractivity contribution in [2.75, 3.05) is 19.0 Å². The minimum atomic E-state index is -0.566. The molecule has 0 spiro atoms. The monoisotopic (exact) mass is 248 g/mol. The minimum Gasteiger partial charge on any atom is -0.354 e. The molecule has 0 rings (SSSR count). The van der Waals surface area contributed by atoms with E-state index in [0.29, 0.717) is 13.1 Å². The number of nitrogens with one attached hydrogen (secondary N) is 2. The molecule has 0 bridgehead atoms. The smallest absolute Gasteiger partial charge is 0.226 e. The summed E-state index contributed by atoms with van der Waals surface area (Å²) in [4.78, 5) is 22.8. The standard InChI is InChI=1S/C11H21ClN2O2/c1-8(2)9(15)13-5-6-14-10(16)11(3,4)7-12/h8H,5-7H2,1-4H3,(H,13,15)(H,14,16). The Morgan fingerprint density at radius 2 is 1.69 bits per heavy atom. The van der Waals surface area contributed by atoms with Gasteiger partial charge in [-0.1, -0.05) is 13.8 Å². The van der Waals surface area contributed by atoms with Crippen molar-refractivity contribution in [3.63, 3.8) is 0 Å². The predicted octanol–water partition coefficient (Wildman–Crippen LogP) is 1.14. The van der Waals surface area contributed by atoms with E-state index in [1.807, 2.05) is 13.8 Å². The zero-order valence-corrected chi connectivity index (χ0v) is 11.1. The van der Waals surface area contributed by atoms with Crippen molar-refractivity contribution in [3.05, 3.63) is 0 Å². The molecule has 2 amide bonds. The Bertz CT molecular complexity index is 252. The Balaban J connectivity index is 3.76. The van der Waals surface area contributed by atoms with Crippen LogP contribution in [0.2, 0.25) is 0 Å². The van der Waals surface area contributed by atoms with Gasteiger partial charge in [-0.15, -0.1) is 11.6 Å². The van der Waals surface area contributed by atoms with Gasteiger partial charge in [0.25, 0.3) is 0 Å². The molecule has 0 aliphatic rings. The molecule has 4 nitrogen and oxygen atoms in total. The SMILES string of the molecule is CC(C)C(=O)NCCNC(=O)C(C)(C)CCl. The molecule has 0 atom stereocenters. The van der Waals surface area contributed by atoms with Gasteiger partial charge in [-0.3, -0.25) is 9.59 Å². The van der Waals surface area contributed by atoms with Crippen LogP contribution in [0.5, 0.6) is 0 Å². The topological polar surface area (TPSA) is 58.2 Å². The summed E-state index contributed by atoms with van der Waals surface area (Å²) in [5.41, 5.74) is -0.566. The van der Waals surface area contributed by atoms with E-state index < -0.39 is 5.41 Å². The highest BCUT2D eigenvalue weighted by molar-refractivity contribution is 6.19. The Morgan fingerprint density at radius 1 is 1.19 bits per heavy atom. The first-order chi connectivity index (χ1) is 7.31. The van der Waals surface area contributed by atoms with E-state index in [9.17, 15) is 9.59 Å². The summed E-state index contributed by atoms with van der Waals surface area (Å²) in [5.74, 6) is 0.138. The van der Waals surface area contributed by atoms with Crippen LogP contribution in [-0.4, -0.2) is 30.8 Å². The van der Waals surface area contributed by atoms with Crippen LogP contribution in [0.15, 0.2) is 0 Å². The maximum absolute atomic E-state index is 11.6. The Hall–Kier alpha value is -0.770. The van der Waals surface area contributed by atoms with E-state index in [2.05, 4.69) is 10.6 Å². The number of alkyl halides is 1. The van der Waals surface area contributed by atoms with Crippen molar-refractivity contribution in [3.8, 4) is 0 Å². The van der Waals surface area contributed by atoms with Gasteiger partial charge in [0.2, 0.25) is 11.8 Å². The summed E-state index contributed by atoms with van der Waals surface area (Å²) in [7, 11) is 0. The molecular weight excluding hydrogens is 228 g/mol. The van der Waals surface area contributed by atoms with E-state index in [1.165, 1.54) is 0 Å².